The Morgan fingerprint density at radius 3 is 2.53 bits per heavy atom. The Labute approximate surface area is 115 Å². The highest BCUT2D eigenvalue weighted by Crippen LogP contribution is 2.28. The van der Waals surface area contributed by atoms with Crippen molar-refractivity contribution in [2.45, 2.75) is 65.0 Å². The number of hydrogen-bond donors (Lipinski definition) is 1. The largest absolute Gasteiger partial charge is 0.466 e. The second kappa shape index (κ2) is 6.78. The summed E-state index contributed by atoms with van der Waals surface area (Å²) in [5, 5.41) is 2.86. The summed E-state index contributed by atoms with van der Waals surface area (Å²) >= 11 is 0. The topological polar surface area (TPSA) is 64.6 Å². The summed E-state index contributed by atoms with van der Waals surface area (Å²) < 4.78 is 10.1. The van der Waals surface area contributed by atoms with E-state index in [9.17, 15) is 9.59 Å². The van der Waals surface area contributed by atoms with Gasteiger partial charge in [-0.3, -0.25) is 4.79 Å². The smallest absolute Gasteiger partial charge is 0.407 e. The van der Waals surface area contributed by atoms with Crippen LogP contribution in [0.4, 0.5) is 4.79 Å². The summed E-state index contributed by atoms with van der Waals surface area (Å²) in [7, 11) is 0. The fraction of sp³-hybridized carbons (Fsp3) is 0.857. The Morgan fingerprint density at radius 1 is 1.26 bits per heavy atom. The van der Waals surface area contributed by atoms with Gasteiger partial charge in [-0.25, -0.2) is 4.79 Å². The zero-order valence-electron chi connectivity index (χ0n) is 12.3. The molecule has 0 saturated heterocycles. The first-order valence-electron chi connectivity index (χ1n) is 6.95. The average Bonchev–Trinajstić information content (AvgIpc) is 2.62. The highest BCUT2D eigenvalue weighted by molar-refractivity contribution is 5.70. The van der Waals surface area contributed by atoms with Gasteiger partial charge < -0.3 is 14.8 Å². The zero-order valence-corrected chi connectivity index (χ0v) is 12.3. The molecular formula is C14H25NO4. The molecule has 1 fully saturated rings. The summed E-state index contributed by atoms with van der Waals surface area (Å²) in [5.74, 6) is 0.157. The van der Waals surface area contributed by atoms with Gasteiger partial charge in [-0.05, 0) is 52.9 Å². The molecule has 0 heterocycles. The molecule has 0 bridgehead atoms. The van der Waals surface area contributed by atoms with E-state index >= 15 is 0 Å². The Balaban J connectivity index is 2.28. The molecule has 0 radical (unpaired) electrons. The van der Waals surface area contributed by atoms with Gasteiger partial charge in [0.05, 0.1) is 6.61 Å². The van der Waals surface area contributed by atoms with Gasteiger partial charge in [0.2, 0.25) is 0 Å². The Kier molecular flexibility index (Phi) is 5.63. The molecule has 19 heavy (non-hydrogen) atoms. The molecule has 1 rings (SSSR count). The van der Waals surface area contributed by atoms with E-state index in [0.29, 0.717) is 18.9 Å². The molecule has 1 amide bonds. The Bertz CT molecular complexity index is 322. The zero-order chi connectivity index (χ0) is 14.5. The molecule has 1 unspecified atom stereocenters. The van der Waals surface area contributed by atoms with Crippen LogP contribution in [0.3, 0.4) is 0 Å². The van der Waals surface area contributed by atoms with Crippen LogP contribution in [-0.2, 0) is 14.3 Å². The maximum absolute atomic E-state index is 11.6. The van der Waals surface area contributed by atoms with Crippen molar-refractivity contribution < 1.29 is 19.1 Å². The second-order valence-corrected chi connectivity index (χ2v) is 6.03. The first kappa shape index (κ1) is 15.8. The number of nitrogens with one attached hydrogen (secondary N) is 1. The maximum Gasteiger partial charge on any atom is 0.407 e. The first-order chi connectivity index (χ1) is 8.80. The normalized spacial score (nSPS) is 22.9. The van der Waals surface area contributed by atoms with E-state index in [-0.39, 0.29) is 18.1 Å². The van der Waals surface area contributed by atoms with Crippen LogP contribution in [-0.4, -0.2) is 30.3 Å². The van der Waals surface area contributed by atoms with Crippen LogP contribution in [0.25, 0.3) is 0 Å². The van der Waals surface area contributed by atoms with Gasteiger partial charge >= 0.3 is 12.1 Å². The fourth-order valence-electron chi connectivity index (χ4n) is 2.32. The highest BCUT2D eigenvalue weighted by atomic mass is 16.6. The van der Waals surface area contributed by atoms with Crippen LogP contribution in [0.15, 0.2) is 0 Å². The molecule has 0 aromatic carbocycles. The van der Waals surface area contributed by atoms with Gasteiger partial charge in [0.15, 0.2) is 0 Å². The molecule has 0 aromatic heterocycles. The van der Waals surface area contributed by atoms with Crippen molar-refractivity contribution in [1.29, 1.82) is 0 Å². The van der Waals surface area contributed by atoms with E-state index in [0.717, 1.165) is 19.3 Å². The molecule has 1 aliphatic rings. The lowest BCUT2D eigenvalue weighted by molar-refractivity contribution is -0.144. The van der Waals surface area contributed by atoms with E-state index in [1.165, 1.54) is 0 Å². The minimum Gasteiger partial charge on any atom is -0.466 e. The van der Waals surface area contributed by atoms with Crippen molar-refractivity contribution in [1.82, 2.24) is 5.32 Å². The number of alkyl carbamates (subject to hydrolysis) is 1. The van der Waals surface area contributed by atoms with Gasteiger partial charge in [0.25, 0.3) is 0 Å². The standard InChI is InChI=1S/C14H25NO4/c1-5-18-12(16)9-10-6-7-11(8-10)15-13(17)19-14(2,3)4/h10-11H,5-9H2,1-4H3,(H,15,17)/t10?,11-/m0/s1. The van der Waals surface area contributed by atoms with Crippen LogP contribution in [0.2, 0.25) is 0 Å². The molecular weight excluding hydrogens is 246 g/mol. The highest BCUT2D eigenvalue weighted by Gasteiger charge is 2.29. The van der Waals surface area contributed by atoms with Crippen molar-refractivity contribution in [3.05, 3.63) is 0 Å². The maximum atomic E-state index is 11.6. The summed E-state index contributed by atoms with van der Waals surface area (Å²) in [6.07, 6.45) is 2.72. The molecule has 2 atom stereocenters. The summed E-state index contributed by atoms with van der Waals surface area (Å²) in [4.78, 5) is 23.0. The van der Waals surface area contributed by atoms with E-state index in [2.05, 4.69) is 5.32 Å². The van der Waals surface area contributed by atoms with Gasteiger partial charge in [-0.15, -0.1) is 0 Å². The van der Waals surface area contributed by atoms with Crippen molar-refractivity contribution in [3.63, 3.8) is 0 Å². The number of esters is 1. The molecule has 5 heteroatoms. The number of carbonyl (C=O) groups is 2. The van der Waals surface area contributed by atoms with E-state index in [4.69, 9.17) is 9.47 Å². The van der Waals surface area contributed by atoms with Crippen LogP contribution in [0, 0.1) is 5.92 Å². The summed E-state index contributed by atoms with van der Waals surface area (Å²) in [6.45, 7) is 7.74. The minimum atomic E-state index is -0.479. The van der Waals surface area contributed by atoms with Crippen LogP contribution in [0.5, 0.6) is 0 Å². The number of ether oxygens (including phenoxy) is 2. The number of hydrogen-bond acceptors (Lipinski definition) is 4. The number of rotatable bonds is 4. The second-order valence-electron chi connectivity index (χ2n) is 6.03. The van der Waals surface area contributed by atoms with Gasteiger partial charge in [-0.1, -0.05) is 0 Å². The molecule has 5 nitrogen and oxygen atoms in total. The quantitative estimate of drug-likeness (QED) is 0.798. The molecule has 1 N–H and O–H groups in total. The molecule has 0 spiro atoms. The van der Waals surface area contributed by atoms with Crippen molar-refractivity contribution in [2.75, 3.05) is 6.61 Å². The van der Waals surface area contributed by atoms with Gasteiger partial charge in [0, 0.05) is 12.5 Å². The van der Waals surface area contributed by atoms with Gasteiger partial charge in [-0.2, -0.15) is 0 Å². The first-order valence-corrected chi connectivity index (χ1v) is 6.95. The van der Waals surface area contributed by atoms with Gasteiger partial charge in [0.1, 0.15) is 5.60 Å². The molecule has 110 valence electrons. The predicted molar refractivity (Wildman–Crippen MR) is 71.7 cm³/mol. The monoisotopic (exact) mass is 271 g/mol. The van der Waals surface area contributed by atoms with Crippen LogP contribution in [0.1, 0.15) is 53.4 Å². The van der Waals surface area contributed by atoms with Crippen molar-refractivity contribution >= 4 is 12.1 Å². The lowest BCUT2D eigenvalue weighted by atomic mass is 10.0. The lowest BCUT2D eigenvalue weighted by Gasteiger charge is -2.21. The van der Waals surface area contributed by atoms with Crippen molar-refractivity contribution in [2.24, 2.45) is 5.92 Å². The predicted octanol–water partition coefficient (Wildman–Crippen LogP) is 2.63. The minimum absolute atomic E-state index is 0.106. The third-order valence-electron chi connectivity index (χ3n) is 3.02. The van der Waals surface area contributed by atoms with E-state index in [1.54, 1.807) is 6.92 Å². The molecule has 1 saturated carbocycles. The summed E-state index contributed by atoms with van der Waals surface area (Å²) in [5.41, 5.74) is -0.479. The van der Waals surface area contributed by atoms with Crippen LogP contribution < -0.4 is 5.32 Å². The SMILES string of the molecule is CCOC(=O)CC1CC[C@H](NC(=O)OC(C)(C)C)C1. The Morgan fingerprint density at radius 2 is 1.95 bits per heavy atom. The van der Waals surface area contributed by atoms with Crippen molar-refractivity contribution in [3.8, 4) is 0 Å². The fourth-order valence-corrected chi connectivity index (χ4v) is 2.32. The Hall–Kier alpha value is -1.26. The third kappa shape index (κ3) is 6.45. The average molecular weight is 271 g/mol. The van der Waals surface area contributed by atoms with E-state index in [1.807, 2.05) is 20.8 Å². The lowest BCUT2D eigenvalue weighted by Crippen LogP contribution is -2.38. The van der Waals surface area contributed by atoms with E-state index < -0.39 is 5.60 Å². The third-order valence-corrected chi connectivity index (χ3v) is 3.02. The molecule has 0 aromatic rings. The number of carbonyl (C=O) groups excluding carboxylic acids is 2. The molecule has 0 aliphatic heterocycles. The molecule has 1 aliphatic carbocycles. The number of amides is 1. The summed E-state index contributed by atoms with van der Waals surface area (Å²) in [6, 6.07) is 0.106. The van der Waals surface area contributed by atoms with Crippen LogP contribution >= 0.6 is 0 Å².